The molecule has 0 saturated heterocycles. The summed E-state index contributed by atoms with van der Waals surface area (Å²) in [7, 11) is 6.06. The third kappa shape index (κ3) is 3.58. The van der Waals surface area contributed by atoms with Gasteiger partial charge in [-0.05, 0) is 39.6 Å². The first-order chi connectivity index (χ1) is 7.86. The van der Waals surface area contributed by atoms with E-state index >= 15 is 0 Å². The molecule has 0 radical (unpaired) electrons. The van der Waals surface area contributed by atoms with E-state index in [1.807, 2.05) is 23.9 Å². The van der Waals surface area contributed by atoms with Gasteiger partial charge in [-0.1, -0.05) is 0 Å². The smallest absolute Gasteiger partial charge is 0.120 e. The standard InChI is InChI=1S/C13H22N4/c1-13(2,16(3)4)10-15-8-11-6-12(7-14)17(5)9-11/h6,9,15H,8,10H2,1-5H3. The van der Waals surface area contributed by atoms with Crippen molar-refractivity contribution in [1.29, 1.82) is 5.26 Å². The third-order valence-electron chi connectivity index (χ3n) is 3.27. The van der Waals surface area contributed by atoms with Gasteiger partial charge >= 0.3 is 0 Å². The molecule has 4 nitrogen and oxygen atoms in total. The van der Waals surface area contributed by atoms with Crippen LogP contribution in [0.2, 0.25) is 0 Å². The Morgan fingerprint density at radius 1 is 1.47 bits per heavy atom. The number of nitrogens with one attached hydrogen (secondary N) is 1. The minimum Gasteiger partial charge on any atom is -0.342 e. The predicted octanol–water partition coefficient (Wildman–Crippen LogP) is 1.33. The lowest BCUT2D eigenvalue weighted by Gasteiger charge is -2.32. The third-order valence-corrected chi connectivity index (χ3v) is 3.27. The molecular weight excluding hydrogens is 212 g/mol. The first kappa shape index (κ1) is 13.8. The predicted molar refractivity (Wildman–Crippen MR) is 69.6 cm³/mol. The summed E-state index contributed by atoms with van der Waals surface area (Å²) in [6, 6.07) is 4.09. The van der Waals surface area contributed by atoms with E-state index in [4.69, 9.17) is 5.26 Å². The van der Waals surface area contributed by atoms with Crippen LogP contribution in [0, 0.1) is 11.3 Å². The number of hydrogen-bond donors (Lipinski definition) is 1. The van der Waals surface area contributed by atoms with Crippen molar-refractivity contribution in [3.05, 3.63) is 23.5 Å². The van der Waals surface area contributed by atoms with Gasteiger partial charge in [0.25, 0.3) is 0 Å². The molecule has 0 saturated carbocycles. The van der Waals surface area contributed by atoms with Crippen LogP contribution in [0.5, 0.6) is 0 Å². The number of nitrogens with zero attached hydrogens (tertiary/aromatic N) is 3. The van der Waals surface area contributed by atoms with Crippen molar-refractivity contribution >= 4 is 0 Å². The molecule has 1 N–H and O–H groups in total. The number of rotatable bonds is 5. The second-order valence-electron chi connectivity index (χ2n) is 5.27. The molecule has 0 aliphatic carbocycles. The molecule has 17 heavy (non-hydrogen) atoms. The van der Waals surface area contributed by atoms with Crippen LogP contribution in [0.25, 0.3) is 0 Å². The first-order valence-electron chi connectivity index (χ1n) is 5.80. The molecule has 0 aromatic carbocycles. The summed E-state index contributed by atoms with van der Waals surface area (Å²) in [5.74, 6) is 0. The Labute approximate surface area is 104 Å². The summed E-state index contributed by atoms with van der Waals surface area (Å²) in [6.07, 6.45) is 1.99. The highest BCUT2D eigenvalue weighted by atomic mass is 15.2. The fourth-order valence-electron chi connectivity index (χ4n) is 1.51. The van der Waals surface area contributed by atoms with E-state index in [1.165, 1.54) is 0 Å². The molecule has 4 heteroatoms. The highest BCUT2D eigenvalue weighted by Gasteiger charge is 2.19. The Morgan fingerprint density at radius 2 is 2.12 bits per heavy atom. The molecule has 0 spiro atoms. The van der Waals surface area contributed by atoms with Crippen LogP contribution in [-0.4, -0.2) is 35.6 Å². The Kier molecular flexibility index (Phi) is 4.33. The van der Waals surface area contributed by atoms with Gasteiger partial charge < -0.3 is 14.8 Å². The lowest BCUT2D eigenvalue weighted by atomic mass is 10.0. The monoisotopic (exact) mass is 234 g/mol. The molecule has 1 rings (SSSR count). The summed E-state index contributed by atoms with van der Waals surface area (Å²) in [5.41, 5.74) is 1.99. The molecule has 0 unspecified atom stereocenters. The molecule has 94 valence electrons. The van der Waals surface area contributed by atoms with Gasteiger partial charge in [-0.3, -0.25) is 0 Å². The average molecular weight is 234 g/mol. The van der Waals surface area contributed by atoms with Crippen molar-refractivity contribution < 1.29 is 0 Å². The van der Waals surface area contributed by atoms with E-state index < -0.39 is 0 Å². The fourth-order valence-corrected chi connectivity index (χ4v) is 1.51. The Balaban J connectivity index is 2.49. The fraction of sp³-hybridized carbons (Fsp3) is 0.615. The van der Waals surface area contributed by atoms with Gasteiger partial charge in [0.1, 0.15) is 11.8 Å². The normalized spacial score (nSPS) is 11.8. The Bertz CT molecular complexity index is 410. The molecule has 1 aromatic heterocycles. The van der Waals surface area contributed by atoms with E-state index in [2.05, 4.69) is 44.2 Å². The Hall–Kier alpha value is -1.31. The van der Waals surface area contributed by atoms with Crippen LogP contribution in [0.15, 0.2) is 12.3 Å². The number of aryl methyl sites for hydroxylation is 1. The van der Waals surface area contributed by atoms with Gasteiger partial charge in [0, 0.05) is 31.9 Å². The van der Waals surface area contributed by atoms with Crippen molar-refractivity contribution in [3.63, 3.8) is 0 Å². The van der Waals surface area contributed by atoms with Crippen molar-refractivity contribution in [2.75, 3.05) is 20.6 Å². The van der Waals surface area contributed by atoms with Crippen molar-refractivity contribution in [2.24, 2.45) is 7.05 Å². The van der Waals surface area contributed by atoms with Crippen molar-refractivity contribution in [1.82, 2.24) is 14.8 Å². The van der Waals surface area contributed by atoms with Gasteiger partial charge in [0.15, 0.2) is 0 Å². The van der Waals surface area contributed by atoms with Crippen LogP contribution in [0.3, 0.4) is 0 Å². The van der Waals surface area contributed by atoms with E-state index in [0.29, 0.717) is 5.69 Å². The van der Waals surface area contributed by atoms with Crippen molar-refractivity contribution in [2.45, 2.75) is 25.9 Å². The van der Waals surface area contributed by atoms with Crippen molar-refractivity contribution in [3.8, 4) is 6.07 Å². The highest BCUT2D eigenvalue weighted by Crippen LogP contribution is 2.09. The summed E-state index contributed by atoms with van der Waals surface area (Å²) in [6.45, 7) is 6.11. The molecular formula is C13H22N4. The molecule has 0 aliphatic rings. The van der Waals surface area contributed by atoms with Gasteiger partial charge in [0.2, 0.25) is 0 Å². The largest absolute Gasteiger partial charge is 0.342 e. The van der Waals surface area contributed by atoms with Gasteiger partial charge in [0.05, 0.1) is 0 Å². The van der Waals surface area contributed by atoms with Crippen LogP contribution in [-0.2, 0) is 13.6 Å². The Morgan fingerprint density at radius 3 is 2.59 bits per heavy atom. The van der Waals surface area contributed by atoms with Gasteiger partial charge in [-0.15, -0.1) is 0 Å². The quantitative estimate of drug-likeness (QED) is 0.836. The average Bonchev–Trinajstić information content (AvgIpc) is 2.58. The maximum atomic E-state index is 8.86. The minimum atomic E-state index is 0.132. The molecule has 0 atom stereocenters. The van der Waals surface area contributed by atoms with Gasteiger partial charge in [-0.2, -0.15) is 5.26 Å². The molecule has 1 aromatic rings. The van der Waals surface area contributed by atoms with Crippen LogP contribution in [0.4, 0.5) is 0 Å². The lowest BCUT2D eigenvalue weighted by Crippen LogP contribution is -2.46. The van der Waals surface area contributed by atoms with Crippen LogP contribution in [0.1, 0.15) is 25.1 Å². The minimum absolute atomic E-state index is 0.132. The molecule has 0 bridgehead atoms. The number of likely N-dealkylation sites (N-methyl/N-ethyl adjacent to an activating group) is 1. The molecule has 0 fully saturated rings. The number of hydrogen-bond acceptors (Lipinski definition) is 3. The molecule has 0 amide bonds. The van der Waals surface area contributed by atoms with E-state index in [-0.39, 0.29) is 5.54 Å². The number of nitriles is 1. The molecule has 0 aliphatic heterocycles. The summed E-state index contributed by atoms with van der Waals surface area (Å²) in [5, 5.41) is 12.3. The van der Waals surface area contributed by atoms with Gasteiger partial charge in [-0.25, -0.2) is 0 Å². The second kappa shape index (κ2) is 5.35. The summed E-state index contributed by atoms with van der Waals surface area (Å²) in [4.78, 5) is 2.20. The lowest BCUT2D eigenvalue weighted by molar-refractivity contribution is 0.190. The van der Waals surface area contributed by atoms with E-state index in [1.54, 1.807) is 0 Å². The summed E-state index contributed by atoms with van der Waals surface area (Å²) < 4.78 is 1.86. The first-order valence-corrected chi connectivity index (χ1v) is 5.80. The SMILES string of the molecule is CN(C)C(C)(C)CNCc1cc(C#N)n(C)c1. The highest BCUT2D eigenvalue weighted by molar-refractivity contribution is 5.28. The second-order valence-corrected chi connectivity index (χ2v) is 5.27. The van der Waals surface area contributed by atoms with E-state index in [0.717, 1.165) is 18.7 Å². The van der Waals surface area contributed by atoms with Crippen LogP contribution >= 0.6 is 0 Å². The van der Waals surface area contributed by atoms with Crippen LogP contribution < -0.4 is 5.32 Å². The number of aromatic nitrogens is 1. The molecule has 1 heterocycles. The maximum Gasteiger partial charge on any atom is 0.120 e. The zero-order valence-electron chi connectivity index (χ0n) is 11.4. The maximum absolute atomic E-state index is 8.86. The topological polar surface area (TPSA) is 44.0 Å². The zero-order valence-corrected chi connectivity index (χ0v) is 11.4. The van der Waals surface area contributed by atoms with E-state index in [9.17, 15) is 0 Å². The summed E-state index contributed by atoms with van der Waals surface area (Å²) >= 11 is 0. The zero-order chi connectivity index (χ0) is 13.1.